The summed E-state index contributed by atoms with van der Waals surface area (Å²) in [6.07, 6.45) is -1.99. The Balaban J connectivity index is 1.93. The summed E-state index contributed by atoms with van der Waals surface area (Å²) in [5.41, 5.74) is -2.25. The van der Waals surface area contributed by atoms with Crippen LogP contribution in [0, 0.1) is 10.1 Å². The first kappa shape index (κ1) is 22.4. The molecule has 1 aromatic carbocycles. The molecule has 0 saturated carbocycles. The van der Waals surface area contributed by atoms with Crippen LogP contribution in [-0.4, -0.2) is 46.9 Å². The zero-order chi connectivity index (χ0) is 21.8. The number of alkyl halides is 3. The summed E-state index contributed by atoms with van der Waals surface area (Å²) < 4.78 is 43.0. The summed E-state index contributed by atoms with van der Waals surface area (Å²) in [4.78, 5) is 35.9. The highest BCUT2D eigenvalue weighted by atomic mass is 19.4. The zero-order valence-corrected chi connectivity index (χ0v) is 16.0. The first-order valence-electron chi connectivity index (χ1n) is 9.07. The van der Waals surface area contributed by atoms with Crippen molar-refractivity contribution in [3.8, 4) is 0 Å². The minimum absolute atomic E-state index is 0.0397. The van der Waals surface area contributed by atoms with Crippen LogP contribution in [-0.2, 0) is 20.5 Å². The van der Waals surface area contributed by atoms with Gasteiger partial charge in [0.25, 0.3) is 11.6 Å². The quantitative estimate of drug-likeness (QED) is 0.433. The van der Waals surface area contributed by atoms with Crippen molar-refractivity contribution in [2.75, 3.05) is 18.5 Å². The lowest BCUT2D eigenvalue weighted by Gasteiger charge is -2.38. The molecule has 0 aliphatic carbocycles. The third kappa shape index (κ3) is 5.81. The van der Waals surface area contributed by atoms with Gasteiger partial charge in [-0.05, 0) is 45.2 Å². The Morgan fingerprint density at radius 3 is 2.45 bits per heavy atom. The van der Waals surface area contributed by atoms with Gasteiger partial charge in [0.05, 0.1) is 10.5 Å². The lowest BCUT2D eigenvalue weighted by molar-refractivity contribution is -0.384. The van der Waals surface area contributed by atoms with E-state index >= 15 is 0 Å². The summed E-state index contributed by atoms with van der Waals surface area (Å²) >= 11 is 0. The monoisotopic (exact) mass is 417 g/mol. The highest BCUT2D eigenvalue weighted by Crippen LogP contribution is 2.34. The van der Waals surface area contributed by atoms with E-state index in [0.717, 1.165) is 25.3 Å². The van der Waals surface area contributed by atoms with Gasteiger partial charge in [-0.2, -0.15) is 13.2 Å². The van der Waals surface area contributed by atoms with E-state index in [1.54, 1.807) is 4.90 Å². The molecule has 160 valence electrons. The minimum atomic E-state index is -4.73. The summed E-state index contributed by atoms with van der Waals surface area (Å²) in [5.74, 6) is -1.19. The Hall–Kier alpha value is -2.85. The number of carbonyl (C=O) groups excluding carboxylic acids is 2. The smallest absolute Gasteiger partial charge is 0.416 e. The van der Waals surface area contributed by atoms with Crippen LogP contribution >= 0.6 is 0 Å². The van der Waals surface area contributed by atoms with Gasteiger partial charge >= 0.3 is 12.1 Å². The lowest BCUT2D eigenvalue weighted by atomic mass is 9.97. The van der Waals surface area contributed by atoms with Crippen LogP contribution in [0.3, 0.4) is 0 Å². The van der Waals surface area contributed by atoms with Crippen LogP contribution in [0.1, 0.15) is 38.7 Å². The molecule has 8 nitrogen and oxygen atoms in total. The van der Waals surface area contributed by atoms with Crippen molar-refractivity contribution in [3.63, 3.8) is 0 Å². The predicted octanol–water partition coefficient (Wildman–Crippen LogP) is 3.36. The zero-order valence-electron chi connectivity index (χ0n) is 16.0. The molecule has 1 aliphatic rings. The van der Waals surface area contributed by atoms with E-state index in [0.29, 0.717) is 12.1 Å². The molecule has 0 bridgehead atoms. The Morgan fingerprint density at radius 2 is 1.90 bits per heavy atom. The Labute approximate surface area is 165 Å². The maximum atomic E-state index is 12.7. The fraction of sp³-hybridized carbons (Fsp3) is 0.556. The number of carbonyl (C=O) groups is 2. The molecule has 2 rings (SSSR count). The molecule has 2 atom stereocenters. The van der Waals surface area contributed by atoms with E-state index in [2.05, 4.69) is 5.32 Å². The summed E-state index contributed by atoms with van der Waals surface area (Å²) in [6, 6.07) is 2.01. The van der Waals surface area contributed by atoms with Crippen molar-refractivity contribution >= 4 is 23.3 Å². The average Bonchev–Trinajstić information content (AvgIpc) is 2.63. The number of rotatable bonds is 6. The third-order valence-electron chi connectivity index (χ3n) is 4.78. The average molecular weight is 417 g/mol. The SMILES string of the molecule is C[C@H]1CCC[C@H](C)N1C(=O)COC(=O)CNc1ccc(C(F)(F)F)cc1[N+](=O)[O-]. The number of esters is 1. The van der Waals surface area contributed by atoms with Gasteiger partial charge in [-0.15, -0.1) is 0 Å². The molecule has 1 fully saturated rings. The third-order valence-corrected chi connectivity index (χ3v) is 4.78. The number of nitro benzene ring substituents is 1. The molecule has 1 saturated heterocycles. The second-order valence-electron chi connectivity index (χ2n) is 6.93. The molecule has 11 heteroatoms. The van der Waals surface area contributed by atoms with Crippen LogP contribution in [0.15, 0.2) is 18.2 Å². The van der Waals surface area contributed by atoms with E-state index in [9.17, 15) is 32.9 Å². The second kappa shape index (κ2) is 9.10. The molecule has 1 amide bonds. The molecule has 1 N–H and O–H groups in total. The van der Waals surface area contributed by atoms with Crippen LogP contribution in [0.5, 0.6) is 0 Å². The Kier molecular flexibility index (Phi) is 7.04. The van der Waals surface area contributed by atoms with Gasteiger partial charge in [-0.1, -0.05) is 0 Å². The molecule has 1 heterocycles. The van der Waals surface area contributed by atoms with Crippen LogP contribution in [0.25, 0.3) is 0 Å². The highest BCUT2D eigenvalue weighted by molar-refractivity contribution is 5.83. The van der Waals surface area contributed by atoms with Crippen molar-refractivity contribution in [2.24, 2.45) is 0 Å². The number of piperidine rings is 1. The number of hydrogen-bond acceptors (Lipinski definition) is 6. The fourth-order valence-corrected chi connectivity index (χ4v) is 3.36. The highest BCUT2D eigenvalue weighted by Gasteiger charge is 2.33. The van der Waals surface area contributed by atoms with Gasteiger partial charge < -0.3 is 15.0 Å². The van der Waals surface area contributed by atoms with E-state index in [1.165, 1.54) is 0 Å². The van der Waals surface area contributed by atoms with Crippen LogP contribution in [0.4, 0.5) is 24.5 Å². The topological polar surface area (TPSA) is 102 Å². The number of anilines is 1. The number of hydrogen-bond donors (Lipinski definition) is 1. The number of nitrogens with one attached hydrogen (secondary N) is 1. The summed E-state index contributed by atoms with van der Waals surface area (Å²) in [5, 5.41) is 13.4. The number of benzene rings is 1. The standard InChI is InChI=1S/C18H22F3N3O5/c1-11-4-3-5-12(2)23(11)16(25)10-29-17(26)9-22-14-7-6-13(18(19,20)21)8-15(14)24(27)28/h6-8,11-12,22H,3-5,9-10H2,1-2H3/t11-,12-/m0/s1. The maximum Gasteiger partial charge on any atom is 0.416 e. The number of likely N-dealkylation sites (tertiary alicyclic amines) is 1. The molecule has 0 radical (unpaired) electrons. The van der Waals surface area contributed by atoms with Gasteiger partial charge in [-0.25, -0.2) is 0 Å². The van der Waals surface area contributed by atoms with Gasteiger partial charge in [0.1, 0.15) is 12.2 Å². The molecule has 1 aromatic rings. The van der Waals surface area contributed by atoms with E-state index in [-0.39, 0.29) is 23.7 Å². The van der Waals surface area contributed by atoms with Crippen molar-refractivity contribution in [1.29, 1.82) is 0 Å². The largest absolute Gasteiger partial charge is 0.454 e. The van der Waals surface area contributed by atoms with Crippen molar-refractivity contribution in [2.45, 2.75) is 51.4 Å². The molecule has 1 aliphatic heterocycles. The normalized spacial score (nSPS) is 19.6. The predicted molar refractivity (Wildman–Crippen MR) is 97.2 cm³/mol. The van der Waals surface area contributed by atoms with Crippen molar-refractivity contribution < 1.29 is 32.4 Å². The van der Waals surface area contributed by atoms with Gasteiger partial charge in [0, 0.05) is 18.2 Å². The fourth-order valence-electron chi connectivity index (χ4n) is 3.36. The van der Waals surface area contributed by atoms with Crippen LogP contribution in [0.2, 0.25) is 0 Å². The van der Waals surface area contributed by atoms with Gasteiger partial charge in [-0.3, -0.25) is 19.7 Å². The Morgan fingerprint density at radius 1 is 1.28 bits per heavy atom. The lowest BCUT2D eigenvalue weighted by Crippen LogP contribution is -2.49. The number of ether oxygens (including phenoxy) is 1. The molecular formula is C18H22F3N3O5. The van der Waals surface area contributed by atoms with Crippen LogP contribution < -0.4 is 5.32 Å². The molecule has 29 heavy (non-hydrogen) atoms. The first-order valence-corrected chi connectivity index (χ1v) is 9.07. The maximum absolute atomic E-state index is 12.7. The number of amides is 1. The molecule has 0 unspecified atom stereocenters. The van der Waals surface area contributed by atoms with E-state index < -0.39 is 41.5 Å². The Bertz CT molecular complexity index is 774. The van der Waals surface area contributed by atoms with Gasteiger partial charge in [0.2, 0.25) is 0 Å². The summed E-state index contributed by atoms with van der Waals surface area (Å²) in [6.45, 7) is 2.83. The second-order valence-corrected chi connectivity index (χ2v) is 6.93. The van der Waals surface area contributed by atoms with Gasteiger partial charge in [0.15, 0.2) is 6.61 Å². The summed E-state index contributed by atoms with van der Waals surface area (Å²) in [7, 11) is 0. The van der Waals surface area contributed by atoms with E-state index in [4.69, 9.17) is 4.74 Å². The first-order chi connectivity index (χ1) is 13.5. The minimum Gasteiger partial charge on any atom is -0.454 e. The number of nitrogens with zero attached hydrogens (tertiary/aromatic N) is 2. The molecular weight excluding hydrogens is 395 g/mol. The van der Waals surface area contributed by atoms with Crippen molar-refractivity contribution in [1.82, 2.24) is 4.90 Å². The number of nitro groups is 1. The molecule has 0 spiro atoms. The molecule has 0 aromatic heterocycles. The van der Waals surface area contributed by atoms with E-state index in [1.807, 2.05) is 13.8 Å². The number of halogens is 3. The van der Waals surface area contributed by atoms with Crippen molar-refractivity contribution in [3.05, 3.63) is 33.9 Å².